The maximum atomic E-state index is 13.0. The molecule has 31 heavy (non-hydrogen) atoms. The number of amides is 2. The molecule has 1 aliphatic rings. The van der Waals surface area contributed by atoms with Crippen molar-refractivity contribution in [3.8, 4) is 0 Å². The van der Waals surface area contributed by atoms with Gasteiger partial charge in [0.05, 0.1) is 11.7 Å². The molecule has 2 amide bonds. The van der Waals surface area contributed by atoms with Crippen LogP contribution in [0.1, 0.15) is 41.3 Å². The van der Waals surface area contributed by atoms with Crippen molar-refractivity contribution >= 4 is 35.0 Å². The summed E-state index contributed by atoms with van der Waals surface area (Å²) in [4.78, 5) is 27.4. The minimum absolute atomic E-state index is 0.0172. The smallest absolute Gasteiger partial charge is 0.238 e. The molecule has 0 spiro atoms. The van der Waals surface area contributed by atoms with E-state index in [0.29, 0.717) is 5.75 Å². The van der Waals surface area contributed by atoms with Crippen LogP contribution in [0, 0.1) is 6.92 Å². The second-order valence-electron chi connectivity index (χ2n) is 7.75. The summed E-state index contributed by atoms with van der Waals surface area (Å²) in [5.74, 6) is 0.331. The molecule has 0 unspecified atom stereocenters. The van der Waals surface area contributed by atoms with E-state index in [4.69, 9.17) is 0 Å². The van der Waals surface area contributed by atoms with Crippen LogP contribution in [-0.4, -0.2) is 17.6 Å². The molecule has 1 N–H and O–H groups in total. The lowest BCUT2D eigenvalue weighted by atomic mass is 9.95. The number of rotatable bonds is 6. The number of carbonyl (C=O) groups excluding carboxylic acids is 2. The molecule has 2 atom stereocenters. The first-order valence-corrected chi connectivity index (χ1v) is 11.6. The van der Waals surface area contributed by atoms with Crippen LogP contribution in [-0.2, 0) is 9.59 Å². The molecule has 0 saturated carbocycles. The second-order valence-corrected chi connectivity index (χ2v) is 8.82. The van der Waals surface area contributed by atoms with Crippen LogP contribution in [0.2, 0.25) is 0 Å². The Bertz CT molecular complexity index is 1070. The van der Waals surface area contributed by atoms with Crippen LogP contribution in [0.3, 0.4) is 0 Å². The molecule has 1 aliphatic heterocycles. The zero-order chi connectivity index (χ0) is 21.8. The Labute approximate surface area is 187 Å². The molecule has 3 aromatic carbocycles. The van der Waals surface area contributed by atoms with Gasteiger partial charge in [-0.05, 0) is 48.7 Å². The predicted octanol–water partition coefficient (Wildman–Crippen LogP) is 5.91. The first-order valence-electron chi connectivity index (χ1n) is 10.5. The molecule has 3 aromatic rings. The molecule has 5 heteroatoms. The van der Waals surface area contributed by atoms with E-state index in [9.17, 15) is 9.59 Å². The first-order chi connectivity index (χ1) is 15.1. The SMILES string of the molecule is CC[C@@H](C(=O)Nc1cccc([C@@H]2SCC(=O)N2c2ccc(C)cc2)c1)c1ccccc1. The molecule has 0 aliphatic carbocycles. The number of aryl methyl sites for hydroxylation is 1. The van der Waals surface area contributed by atoms with Gasteiger partial charge in [0.15, 0.2) is 0 Å². The zero-order valence-electron chi connectivity index (χ0n) is 17.7. The topological polar surface area (TPSA) is 49.4 Å². The summed E-state index contributed by atoms with van der Waals surface area (Å²) >= 11 is 1.61. The highest BCUT2D eigenvalue weighted by molar-refractivity contribution is 8.00. The van der Waals surface area contributed by atoms with Gasteiger partial charge in [0.25, 0.3) is 0 Å². The van der Waals surface area contributed by atoms with Crippen LogP contribution in [0.5, 0.6) is 0 Å². The molecule has 4 rings (SSSR count). The summed E-state index contributed by atoms with van der Waals surface area (Å²) in [6, 6.07) is 25.7. The van der Waals surface area contributed by atoms with Gasteiger partial charge in [-0.3, -0.25) is 14.5 Å². The standard InChI is InChI=1S/C26H26N2O2S/c1-3-23(19-8-5-4-6-9-19)25(30)27-21-11-7-10-20(16-21)26-28(24(29)17-31-26)22-14-12-18(2)13-15-22/h4-16,23,26H,3,17H2,1-2H3,(H,27,30)/t23-,26+/m1/s1. The molecule has 0 radical (unpaired) electrons. The van der Waals surface area contributed by atoms with Crippen molar-refractivity contribution < 1.29 is 9.59 Å². The third kappa shape index (κ3) is 4.67. The Morgan fingerprint density at radius 1 is 1.06 bits per heavy atom. The monoisotopic (exact) mass is 430 g/mol. The van der Waals surface area contributed by atoms with Crippen molar-refractivity contribution in [3.05, 3.63) is 95.6 Å². The van der Waals surface area contributed by atoms with E-state index in [2.05, 4.69) is 5.32 Å². The van der Waals surface area contributed by atoms with Gasteiger partial charge in [0, 0.05) is 11.4 Å². The minimum atomic E-state index is -0.198. The van der Waals surface area contributed by atoms with Crippen LogP contribution >= 0.6 is 11.8 Å². The summed E-state index contributed by atoms with van der Waals surface area (Å²) in [6.45, 7) is 4.06. The lowest BCUT2D eigenvalue weighted by molar-refractivity contribution is -0.118. The molecular weight excluding hydrogens is 404 g/mol. The molecule has 158 valence electrons. The van der Waals surface area contributed by atoms with E-state index in [1.165, 1.54) is 0 Å². The summed E-state index contributed by atoms with van der Waals surface area (Å²) in [7, 11) is 0. The van der Waals surface area contributed by atoms with E-state index < -0.39 is 0 Å². The highest BCUT2D eigenvalue weighted by Crippen LogP contribution is 2.42. The molecule has 4 nitrogen and oxygen atoms in total. The molecule has 1 heterocycles. The van der Waals surface area contributed by atoms with Crippen molar-refractivity contribution in [2.24, 2.45) is 0 Å². The van der Waals surface area contributed by atoms with Gasteiger partial charge in [-0.25, -0.2) is 0 Å². The summed E-state index contributed by atoms with van der Waals surface area (Å²) in [5.41, 5.74) is 4.83. The quantitative estimate of drug-likeness (QED) is 0.529. The van der Waals surface area contributed by atoms with E-state index in [-0.39, 0.29) is 23.1 Å². The van der Waals surface area contributed by atoms with Crippen molar-refractivity contribution in [3.63, 3.8) is 0 Å². The largest absolute Gasteiger partial charge is 0.326 e. The van der Waals surface area contributed by atoms with Crippen LogP contribution in [0.15, 0.2) is 78.9 Å². The summed E-state index contributed by atoms with van der Waals surface area (Å²) in [6.07, 6.45) is 0.726. The Hall–Kier alpha value is -3.05. The Kier molecular flexibility index (Phi) is 6.42. The Morgan fingerprint density at radius 3 is 2.52 bits per heavy atom. The average Bonchev–Trinajstić information content (AvgIpc) is 3.17. The van der Waals surface area contributed by atoms with Gasteiger partial charge >= 0.3 is 0 Å². The fourth-order valence-corrected chi connectivity index (χ4v) is 5.08. The summed E-state index contributed by atoms with van der Waals surface area (Å²) < 4.78 is 0. The van der Waals surface area contributed by atoms with Crippen LogP contribution in [0.4, 0.5) is 11.4 Å². The van der Waals surface area contributed by atoms with Crippen molar-refractivity contribution in [1.82, 2.24) is 0 Å². The van der Waals surface area contributed by atoms with Crippen molar-refractivity contribution in [2.45, 2.75) is 31.6 Å². The lowest BCUT2D eigenvalue weighted by Gasteiger charge is -2.25. The maximum Gasteiger partial charge on any atom is 0.238 e. The third-order valence-electron chi connectivity index (χ3n) is 5.55. The van der Waals surface area contributed by atoms with Gasteiger partial charge in [-0.2, -0.15) is 0 Å². The normalized spacial score (nSPS) is 16.9. The zero-order valence-corrected chi connectivity index (χ0v) is 18.6. The van der Waals surface area contributed by atoms with E-state index >= 15 is 0 Å². The first kappa shape index (κ1) is 21.2. The average molecular weight is 431 g/mol. The molecule has 0 aromatic heterocycles. The fraction of sp³-hybridized carbons (Fsp3) is 0.231. The third-order valence-corrected chi connectivity index (χ3v) is 6.76. The Balaban J connectivity index is 1.55. The fourth-order valence-electron chi connectivity index (χ4n) is 3.91. The number of thioether (sulfide) groups is 1. The molecule has 0 bridgehead atoms. The van der Waals surface area contributed by atoms with Gasteiger partial charge in [0.2, 0.25) is 11.8 Å². The van der Waals surface area contributed by atoms with E-state index in [0.717, 1.165) is 34.5 Å². The molecule has 1 fully saturated rings. The van der Waals surface area contributed by atoms with Gasteiger partial charge in [-0.1, -0.05) is 67.1 Å². The van der Waals surface area contributed by atoms with Crippen LogP contribution < -0.4 is 10.2 Å². The van der Waals surface area contributed by atoms with Crippen molar-refractivity contribution in [2.75, 3.05) is 16.0 Å². The lowest BCUT2D eigenvalue weighted by Crippen LogP contribution is -2.27. The number of anilines is 2. The van der Waals surface area contributed by atoms with Crippen molar-refractivity contribution in [1.29, 1.82) is 0 Å². The number of nitrogens with one attached hydrogen (secondary N) is 1. The number of benzene rings is 3. The Morgan fingerprint density at radius 2 is 1.81 bits per heavy atom. The number of hydrogen-bond donors (Lipinski definition) is 1. The number of carbonyl (C=O) groups is 2. The maximum absolute atomic E-state index is 13.0. The predicted molar refractivity (Wildman–Crippen MR) is 128 cm³/mol. The molecule has 1 saturated heterocycles. The highest BCUT2D eigenvalue weighted by atomic mass is 32.2. The van der Waals surface area contributed by atoms with E-state index in [1.54, 1.807) is 11.8 Å². The van der Waals surface area contributed by atoms with E-state index in [1.807, 2.05) is 97.6 Å². The summed E-state index contributed by atoms with van der Waals surface area (Å²) in [5, 5.41) is 2.97. The van der Waals surface area contributed by atoms with Crippen LogP contribution in [0.25, 0.3) is 0 Å². The minimum Gasteiger partial charge on any atom is -0.326 e. The highest BCUT2D eigenvalue weighted by Gasteiger charge is 2.34. The van der Waals surface area contributed by atoms with Gasteiger partial charge in [0.1, 0.15) is 5.37 Å². The second kappa shape index (κ2) is 9.40. The van der Waals surface area contributed by atoms with Gasteiger partial charge in [-0.15, -0.1) is 11.8 Å². The number of nitrogens with zero attached hydrogens (tertiary/aromatic N) is 1. The molecular formula is C26H26N2O2S. The number of hydrogen-bond acceptors (Lipinski definition) is 3. The van der Waals surface area contributed by atoms with Gasteiger partial charge < -0.3 is 5.32 Å².